The van der Waals surface area contributed by atoms with Crippen LogP contribution < -0.4 is 0 Å². The van der Waals surface area contributed by atoms with E-state index in [0.29, 0.717) is 12.8 Å². The topological polar surface area (TPSA) is 105 Å². The predicted molar refractivity (Wildman–Crippen MR) is 114 cm³/mol. The second kappa shape index (κ2) is 5.95. The molecule has 0 aromatic carbocycles. The van der Waals surface area contributed by atoms with Gasteiger partial charge in [-0.05, 0) is 45.6 Å². The van der Waals surface area contributed by atoms with Crippen LogP contribution in [0.25, 0.3) is 0 Å². The third-order valence-electron chi connectivity index (χ3n) is 10.7. The van der Waals surface area contributed by atoms with Gasteiger partial charge in [-0.1, -0.05) is 6.92 Å². The van der Waals surface area contributed by atoms with Crippen molar-refractivity contribution in [2.45, 2.75) is 82.9 Å². The van der Waals surface area contributed by atoms with Crippen molar-refractivity contribution in [3.8, 4) is 0 Å². The lowest BCUT2D eigenvalue weighted by atomic mass is 9.37. The van der Waals surface area contributed by atoms with Gasteiger partial charge in [-0.2, -0.15) is 0 Å². The van der Waals surface area contributed by atoms with E-state index in [1.165, 1.54) is 0 Å². The summed E-state index contributed by atoms with van der Waals surface area (Å²) in [7, 11) is 0. The van der Waals surface area contributed by atoms with Crippen molar-refractivity contribution in [3.05, 3.63) is 24.2 Å². The molecule has 0 bridgehead atoms. The second-order valence-electron chi connectivity index (χ2n) is 12.2. The highest BCUT2D eigenvalue weighted by atomic mass is 16.7. The maximum absolute atomic E-state index is 14.2. The van der Waals surface area contributed by atoms with E-state index in [1.807, 2.05) is 26.8 Å². The molecule has 4 saturated heterocycles. The van der Waals surface area contributed by atoms with Crippen molar-refractivity contribution in [1.82, 2.24) is 0 Å². The number of fused-ring (bicyclic) bond motifs is 1. The molecule has 2 aliphatic carbocycles. The van der Waals surface area contributed by atoms with Crippen molar-refractivity contribution >= 4 is 17.7 Å². The zero-order valence-corrected chi connectivity index (χ0v) is 19.9. The molecule has 6 aliphatic rings. The zero-order valence-electron chi connectivity index (χ0n) is 19.9. The molecule has 5 heterocycles. The molecule has 0 amide bonds. The van der Waals surface area contributed by atoms with Gasteiger partial charge in [-0.25, -0.2) is 4.79 Å². The van der Waals surface area contributed by atoms with Gasteiger partial charge in [0.05, 0.1) is 36.1 Å². The summed E-state index contributed by atoms with van der Waals surface area (Å²) in [6.07, 6.45) is 3.46. The fraction of sp³-hybridized carbons (Fsp3) is 0.731. The average molecular weight is 471 g/mol. The molecule has 0 unspecified atom stereocenters. The van der Waals surface area contributed by atoms with Gasteiger partial charge in [0.2, 0.25) is 0 Å². The lowest BCUT2D eigenvalue weighted by Crippen LogP contribution is -2.72. The van der Waals surface area contributed by atoms with Gasteiger partial charge in [0.15, 0.2) is 6.10 Å². The molecular formula is C26H30O8. The van der Waals surface area contributed by atoms with Gasteiger partial charge >= 0.3 is 11.9 Å². The van der Waals surface area contributed by atoms with Gasteiger partial charge in [-0.3, -0.25) is 9.59 Å². The van der Waals surface area contributed by atoms with E-state index in [1.54, 1.807) is 12.5 Å². The molecule has 1 aromatic rings. The molecule has 8 nitrogen and oxygen atoms in total. The summed E-state index contributed by atoms with van der Waals surface area (Å²) in [5.74, 6) is -0.780. The minimum absolute atomic E-state index is 0.0677. The Labute approximate surface area is 197 Å². The molecule has 2 spiro atoms. The Hall–Kier alpha value is -2.19. The van der Waals surface area contributed by atoms with Crippen LogP contribution >= 0.6 is 0 Å². The third kappa shape index (κ3) is 2.02. The summed E-state index contributed by atoms with van der Waals surface area (Å²) in [5.41, 5.74) is -2.78. The quantitative estimate of drug-likeness (QED) is 0.455. The van der Waals surface area contributed by atoms with Crippen LogP contribution in [0.4, 0.5) is 0 Å². The number of hydrogen-bond acceptors (Lipinski definition) is 8. The minimum atomic E-state index is -0.976. The maximum atomic E-state index is 14.2. The molecule has 182 valence electrons. The van der Waals surface area contributed by atoms with Crippen LogP contribution in [0.3, 0.4) is 0 Å². The smallest absolute Gasteiger partial charge is 0.339 e. The summed E-state index contributed by atoms with van der Waals surface area (Å²) in [6.45, 7) is 8.36. The van der Waals surface area contributed by atoms with E-state index in [9.17, 15) is 14.4 Å². The van der Waals surface area contributed by atoms with Gasteiger partial charge in [0.25, 0.3) is 0 Å². The summed E-state index contributed by atoms with van der Waals surface area (Å²) < 4.78 is 29.8. The minimum Gasteiger partial charge on any atom is -0.472 e. The lowest BCUT2D eigenvalue weighted by Gasteiger charge is -2.65. The number of cyclic esters (lactones) is 2. The largest absolute Gasteiger partial charge is 0.472 e. The fourth-order valence-corrected chi connectivity index (χ4v) is 9.34. The Morgan fingerprint density at radius 1 is 0.971 bits per heavy atom. The Morgan fingerprint density at radius 2 is 1.76 bits per heavy atom. The van der Waals surface area contributed by atoms with Gasteiger partial charge in [-0.15, -0.1) is 0 Å². The van der Waals surface area contributed by atoms with Crippen molar-refractivity contribution in [3.63, 3.8) is 0 Å². The van der Waals surface area contributed by atoms with E-state index in [-0.39, 0.29) is 42.7 Å². The van der Waals surface area contributed by atoms with E-state index in [2.05, 4.69) is 6.92 Å². The highest BCUT2D eigenvalue weighted by molar-refractivity contribution is 5.93. The molecule has 6 fully saturated rings. The molecule has 7 rings (SSSR count). The number of epoxide rings is 1. The average Bonchev–Trinajstić information content (AvgIpc) is 3.26. The SMILES string of the molecule is CC1(C)O[C@@H]2CC(=O)OC[C@@]23[C@H]1CC(=O)[C@@]1(C)[C@H]3CC[C@@]2(C)[C@H](c3ccoc3)OC(=O)[C@H]3O[C@]321. The third-order valence-corrected chi connectivity index (χ3v) is 10.7. The molecule has 9 atom stereocenters. The number of carbonyl (C=O) groups excluding carboxylic acids is 3. The van der Waals surface area contributed by atoms with E-state index in [4.69, 9.17) is 23.4 Å². The molecule has 8 heteroatoms. The Kier molecular flexibility index (Phi) is 3.70. The van der Waals surface area contributed by atoms with Crippen LogP contribution in [0.2, 0.25) is 0 Å². The van der Waals surface area contributed by atoms with Crippen molar-refractivity contribution in [1.29, 1.82) is 0 Å². The number of ketones is 1. The van der Waals surface area contributed by atoms with Crippen LogP contribution in [-0.2, 0) is 33.3 Å². The van der Waals surface area contributed by atoms with Crippen LogP contribution in [0.1, 0.15) is 65.0 Å². The molecule has 0 N–H and O–H groups in total. The fourth-order valence-electron chi connectivity index (χ4n) is 9.34. The van der Waals surface area contributed by atoms with Gasteiger partial charge in [0.1, 0.15) is 24.1 Å². The number of Topliss-reactive ketones (excluding diaryl/α,β-unsaturated/α-hetero) is 1. The first-order chi connectivity index (χ1) is 16.0. The summed E-state index contributed by atoms with van der Waals surface area (Å²) >= 11 is 0. The normalized spacial score (nSPS) is 52.4. The highest BCUT2D eigenvalue weighted by Gasteiger charge is 2.89. The van der Waals surface area contributed by atoms with Gasteiger partial charge in [0, 0.05) is 28.7 Å². The highest BCUT2D eigenvalue weighted by Crippen LogP contribution is 2.79. The first-order valence-electron chi connectivity index (χ1n) is 12.3. The van der Waals surface area contributed by atoms with E-state index in [0.717, 1.165) is 12.0 Å². The summed E-state index contributed by atoms with van der Waals surface area (Å²) in [4.78, 5) is 39.7. The van der Waals surface area contributed by atoms with Crippen LogP contribution in [0, 0.1) is 28.1 Å². The summed E-state index contributed by atoms with van der Waals surface area (Å²) in [6, 6.07) is 1.81. The van der Waals surface area contributed by atoms with E-state index < -0.39 is 45.6 Å². The molecular weight excluding hydrogens is 440 g/mol. The van der Waals surface area contributed by atoms with Crippen molar-refractivity contribution < 1.29 is 37.7 Å². The number of ether oxygens (including phenoxy) is 4. The number of esters is 2. The maximum Gasteiger partial charge on any atom is 0.339 e. The standard InChI is InChI=1S/C26H30O8/c1-22(2)15-9-16(27)24(4)14(25(15)12-31-18(28)10-17(25)33-22)5-7-23(3)19(13-6-8-30-11-13)32-21(29)20-26(23,24)34-20/h6,8,11,14-15,17,19-20H,5,7,9-10,12H2,1-4H3/t14-,15+,17-,19+,20-,23+,24-,25-,26-/m1/s1. The number of carbonyl (C=O) groups is 3. The van der Waals surface area contributed by atoms with Crippen LogP contribution in [0.15, 0.2) is 23.0 Å². The zero-order chi connectivity index (χ0) is 23.9. The summed E-state index contributed by atoms with van der Waals surface area (Å²) in [5, 5.41) is 0. The monoisotopic (exact) mass is 470 g/mol. The second-order valence-corrected chi connectivity index (χ2v) is 12.2. The molecule has 2 saturated carbocycles. The Morgan fingerprint density at radius 3 is 2.50 bits per heavy atom. The Balaban J connectivity index is 1.41. The molecule has 0 radical (unpaired) electrons. The van der Waals surface area contributed by atoms with Gasteiger partial charge < -0.3 is 23.4 Å². The number of rotatable bonds is 1. The predicted octanol–water partition coefficient (Wildman–Crippen LogP) is 3.14. The number of furan rings is 1. The number of hydrogen-bond donors (Lipinski definition) is 0. The Bertz CT molecular complexity index is 1120. The molecule has 34 heavy (non-hydrogen) atoms. The van der Waals surface area contributed by atoms with E-state index >= 15 is 0 Å². The van der Waals surface area contributed by atoms with Crippen molar-refractivity contribution in [2.24, 2.45) is 28.1 Å². The molecule has 4 aliphatic heterocycles. The first kappa shape index (κ1) is 21.1. The first-order valence-corrected chi connectivity index (χ1v) is 12.3. The molecule has 1 aromatic heterocycles. The lowest BCUT2D eigenvalue weighted by molar-refractivity contribution is -0.225. The van der Waals surface area contributed by atoms with Crippen molar-refractivity contribution in [2.75, 3.05) is 6.61 Å². The van der Waals surface area contributed by atoms with Crippen LogP contribution in [0.5, 0.6) is 0 Å². The van der Waals surface area contributed by atoms with Crippen LogP contribution in [-0.4, -0.2) is 47.7 Å².